The molecular weight excluding hydrogens is 454 g/mol. The summed E-state index contributed by atoms with van der Waals surface area (Å²) >= 11 is 0. The van der Waals surface area contributed by atoms with Crippen LogP contribution in [0.15, 0.2) is 59.5 Å². The smallest absolute Gasteiger partial charge is 0.243 e. The highest BCUT2D eigenvalue weighted by Crippen LogP contribution is 2.50. The molecule has 3 aliphatic rings. The maximum Gasteiger partial charge on any atom is 0.243 e. The molecule has 0 bridgehead atoms. The number of allylic oxidation sites excluding steroid dienone is 2. The van der Waals surface area contributed by atoms with E-state index in [0.717, 1.165) is 56.4 Å². The lowest BCUT2D eigenvalue weighted by molar-refractivity contribution is 0.286. The summed E-state index contributed by atoms with van der Waals surface area (Å²) < 4.78 is 28.7. The van der Waals surface area contributed by atoms with Crippen molar-refractivity contribution < 1.29 is 8.42 Å². The van der Waals surface area contributed by atoms with Crippen molar-refractivity contribution in [1.29, 1.82) is 0 Å². The Morgan fingerprint density at radius 1 is 0.971 bits per heavy atom. The Balaban J connectivity index is 1.42. The van der Waals surface area contributed by atoms with E-state index in [0.29, 0.717) is 10.8 Å². The van der Waals surface area contributed by atoms with E-state index in [-0.39, 0.29) is 18.0 Å². The monoisotopic (exact) mass is 493 g/mol. The fraction of sp³-hybridized carbons (Fsp3) is 0.517. The average molecular weight is 494 g/mol. The first-order valence-electron chi connectivity index (χ1n) is 13.3. The van der Waals surface area contributed by atoms with Crippen molar-refractivity contribution in [3.63, 3.8) is 0 Å². The van der Waals surface area contributed by atoms with Gasteiger partial charge in [0.25, 0.3) is 0 Å². The fourth-order valence-electron chi connectivity index (χ4n) is 6.35. The fourth-order valence-corrected chi connectivity index (χ4v) is 7.80. The summed E-state index contributed by atoms with van der Waals surface area (Å²) in [5, 5.41) is 3.77. The molecule has 2 aromatic carbocycles. The molecule has 6 heteroatoms. The molecule has 35 heavy (non-hydrogen) atoms. The van der Waals surface area contributed by atoms with Crippen LogP contribution in [0.25, 0.3) is 0 Å². The highest BCUT2D eigenvalue weighted by atomic mass is 32.2. The molecule has 0 amide bonds. The quantitative estimate of drug-likeness (QED) is 0.459. The Morgan fingerprint density at radius 2 is 1.69 bits per heavy atom. The van der Waals surface area contributed by atoms with Gasteiger partial charge in [0.15, 0.2) is 0 Å². The Labute approximate surface area is 211 Å². The maximum atomic E-state index is 13.5. The lowest BCUT2D eigenvalue weighted by Crippen LogP contribution is -2.38. The number of anilines is 2. The van der Waals surface area contributed by atoms with Gasteiger partial charge in [0.05, 0.1) is 10.9 Å². The normalized spacial score (nSPS) is 24.2. The van der Waals surface area contributed by atoms with E-state index < -0.39 is 10.0 Å². The molecule has 1 N–H and O–H groups in total. The Kier molecular flexibility index (Phi) is 6.95. The largest absolute Gasteiger partial charge is 0.378 e. The lowest BCUT2D eigenvalue weighted by atomic mass is 9.77. The van der Waals surface area contributed by atoms with Crippen LogP contribution < -0.4 is 10.2 Å². The summed E-state index contributed by atoms with van der Waals surface area (Å²) in [5.74, 6) is 0.615. The van der Waals surface area contributed by atoms with Crippen LogP contribution in [0.5, 0.6) is 0 Å². The van der Waals surface area contributed by atoms with Crippen molar-refractivity contribution in [2.75, 3.05) is 30.4 Å². The molecule has 1 fully saturated rings. The Hall–Kier alpha value is -2.31. The second kappa shape index (κ2) is 9.98. The van der Waals surface area contributed by atoms with Crippen molar-refractivity contribution in [2.24, 2.45) is 5.92 Å². The number of benzene rings is 2. The minimum atomic E-state index is -3.51. The van der Waals surface area contributed by atoms with E-state index in [1.54, 1.807) is 17.4 Å². The van der Waals surface area contributed by atoms with Gasteiger partial charge in [-0.15, -0.1) is 0 Å². The SMILES string of the molecule is CCN(CC)c1ccc(C2Nc3ccc(S(=O)(=O)N(C)C4CCCCC4)cc3C3C=CCC32)cc1. The molecule has 0 aromatic heterocycles. The van der Waals surface area contributed by atoms with Crippen LogP contribution in [0.2, 0.25) is 0 Å². The molecule has 0 saturated heterocycles. The van der Waals surface area contributed by atoms with Gasteiger partial charge in [-0.25, -0.2) is 8.42 Å². The van der Waals surface area contributed by atoms with Crippen molar-refractivity contribution in [1.82, 2.24) is 4.31 Å². The summed E-state index contributed by atoms with van der Waals surface area (Å²) in [7, 11) is -1.74. The van der Waals surface area contributed by atoms with Gasteiger partial charge in [0.1, 0.15) is 0 Å². The van der Waals surface area contributed by atoms with Gasteiger partial charge in [-0.2, -0.15) is 4.31 Å². The van der Waals surface area contributed by atoms with Gasteiger partial charge < -0.3 is 10.2 Å². The minimum Gasteiger partial charge on any atom is -0.378 e. The molecule has 2 aliphatic carbocycles. The molecule has 0 spiro atoms. The van der Waals surface area contributed by atoms with Crippen molar-refractivity contribution >= 4 is 21.4 Å². The van der Waals surface area contributed by atoms with Crippen LogP contribution in [0.4, 0.5) is 11.4 Å². The van der Waals surface area contributed by atoms with Crippen LogP contribution in [0.1, 0.15) is 75.5 Å². The lowest BCUT2D eigenvalue weighted by Gasteiger charge is -2.38. The third-order valence-electron chi connectivity index (χ3n) is 8.48. The minimum absolute atomic E-state index is 0.116. The third kappa shape index (κ3) is 4.51. The van der Waals surface area contributed by atoms with Crippen LogP contribution in [0, 0.1) is 5.92 Å². The molecule has 1 saturated carbocycles. The van der Waals surface area contributed by atoms with Gasteiger partial charge in [-0.1, -0.05) is 43.5 Å². The van der Waals surface area contributed by atoms with Crippen molar-refractivity contribution in [3.8, 4) is 0 Å². The summed E-state index contributed by atoms with van der Waals surface area (Å²) in [6, 6.07) is 15.0. The highest BCUT2D eigenvalue weighted by molar-refractivity contribution is 7.89. The third-order valence-corrected chi connectivity index (χ3v) is 10.4. The van der Waals surface area contributed by atoms with E-state index in [4.69, 9.17) is 0 Å². The molecular formula is C29H39N3O2S. The molecule has 3 unspecified atom stereocenters. The zero-order valence-corrected chi connectivity index (χ0v) is 22.1. The number of nitrogens with zero attached hydrogens (tertiary/aromatic N) is 2. The average Bonchev–Trinajstić information content (AvgIpc) is 3.39. The molecule has 5 nitrogen and oxygen atoms in total. The maximum absolute atomic E-state index is 13.5. The zero-order chi connectivity index (χ0) is 24.6. The van der Waals surface area contributed by atoms with Crippen LogP contribution in [-0.4, -0.2) is 38.9 Å². The highest BCUT2D eigenvalue weighted by Gasteiger charge is 2.39. The molecule has 188 valence electrons. The summed E-state index contributed by atoms with van der Waals surface area (Å²) in [4.78, 5) is 2.78. The topological polar surface area (TPSA) is 52.7 Å². The number of rotatable bonds is 7. The summed E-state index contributed by atoms with van der Waals surface area (Å²) in [5.41, 5.74) is 4.71. The van der Waals surface area contributed by atoms with E-state index in [1.807, 2.05) is 12.1 Å². The second-order valence-corrected chi connectivity index (χ2v) is 12.3. The number of hydrogen-bond donors (Lipinski definition) is 1. The molecule has 5 rings (SSSR count). The number of fused-ring (bicyclic) bond motifs is 3. The first-order chi connectivity index (χ1) is 16.9. The van der Waals surface area contributed by atoms with Crippen LogP contribution in [0.3, 0.4) is 0 Å². The van der Waals surface area contributed by atoms with E-state index in [9.17, 15) is 8.42 Å². The molecule has 3 atom stereocenters. The second-order valence-electron chi connectivity index (χ2n) is 10.3. The predicted molar refractivity (Wildman–Crippen MR) is 145 cm³/mol. The molecule has 1 heterocycles. The zero-order valence-electron chi connectivity index (χ0n) is 21.3. The van der Waals surface area contributed by atoms with Crippen LogP contribution >= 0.6 is 0 Å². The van der Waals surface area contributed by atoms with Gasteiger partial charge in [0, 0.05) is 43.5 Å². The number of sulfonamides is 1. The van der Waals surface area contributed by atoms with E-state index in [2.05, 4.69) is 60.5 Å². The summed E-state index contributed by atoms with van der Waals surface area (Å²) in [6.45, 7) is 6.38. The van der Waals surface area contributed by atoms with Crippen LogP contribution in [-0.2, 0) is 10.0 Å². The van der Waals surface area contributed by atoms with E-state index in [1.165, 1.54) is 17.7 Å². The van der Waals surface area contributed by atoms with Crippen molar-refractivity contribution in [2.45, 2.75) is 75.3 Å². The molecule has 2 aromatic rings. The van der Waals surface area contributed by atoms with Crippen molar-refractivity contribution in [3.05, 3.63) is 65.7 Å². The molecule has 1 aliphatic heterocycles. The first-order valence-corrected chi connectivity index (χ1v) is 14.8. The standard InChI is InChI=1S/C29H39N3O2S/c1-4-32(5-2)23-16-14-21(15-17-23)29-26-13-9-12-25(26)27-20-24(18-19-28(27)30-29)35(33,34)31(3)22-10-7-6-8-11-22/h9,12,14-20,22,25-26,29-30H,4-8,10-11,13H2,1-3H3. The summed E-state index contributed by atoms with van der Waals surface area (Å²) in [6.07, 6.45) is 10.9. The Morgan fingerprint density at radius 3 is 2.37 bits per heavy atom. The van der Waals surface area contributed by atoms with Gasteiger partial charge in [-0.3, -0.25) is 0 Å². The number of nitrogens with one attached hydrogen (secondary N) is 1. The first kappa shape index (κ1) is 24.4. The van der Waals surface area contributed by atoms with E-state index >= 15 is 0 Å². The van der Waals surface area contributed by atoms with Gasteiger partial charge in [0.2, 0.25) is 10.0 Å². The van der Waals surface area contributed by atoms with Gasteiger partial charge in [-0.05, 0) is 80.5 Å². The predicted octanol–water partition coefficient (Wildman–Crippen LogP) is 6.31. The van der Waals surface area contributed by atoms with Gasteiger partial charge >= 0.3 is 0 Å². The number of hydrogen-bond acceptors (Lipinski definition) is 4. The Bertz CT molecular complexity index is 1160. The molecule has 0 radical (unpaired) electrons.